The SMILES string of the molecule is CC1(C)c2ccccc2-c2c(N(c3ccccc3-c3cccc4cccc(-c5ccccc5)c34)c3ccccc3-c3cccc4cccc(C5CCCCC5)c34)cccc21. The van der Waals surface area contributed by atoms with E-state index in [2.05, 4.69) is 213 Å². The highest BCUT2D eigenvalue weighted by Crippen LogP contribution is 2.56. The van der Waals surface area contributed by atoms with Gasteiger partial charge in [0.05, 0.1) is 17.1 Å². The monoisotopic (exact) mass is 771 g/mol. The van der Waals surface area contributed by atoms with Crippen molar-refractivity contribution >= 4 is 38.6 Å². The summed E-state index contributed by atoms with van der Waals surface area (Å²) in [7, 11) is 0. The third-order valence-electron chi connectivity index (χ3n) is 13.7. The van der Waals surface area contributed by atoms with Crippen LogP contribution in [0.1, 0.15) is 68.6 Å². The lowest BCUT2D eigenvalue weighted by Crippen LogP contribution is -2.16. The molecule has 0 N–H and O–H groups in total. The Balaban J connectivity index is 1.22. The van der Waals surface area contributed by atoms with Gasteiger partial charge < -0.3 is 4.90 Å². The maximum atomic E-state index is 2.60. The first kappa shape index (κ1) is 36.4. The molecule has 0 saturated heterocycles. The molecule has 60 heavy (non-hydrogen) atoms. The van der Waals surface area contributed by atoms with Crippen molar-refractivity contribution in [3.8, 4) is 44.5 Å². The molecule has 1 saturated carbocycles. The molecule has 0 radical (unpaired) electrons. The first-order valence-corrected chi connectivity index (χ1v) is 21.9. The van der Waals surface area contributed by atoms with Crippen molar-refractivity contribution in [2.45, 2.75) is 57.3 Å². The Bertz CT molecular complexity index is 3040. The summed E-state index contributed by atoms with van der Waals surface area (Å²) in [6.45, 7) is 4.77. The van der Waals surface area contributed by atoms with Gasteiger partial charge in [-0.2, -0.15) is 0 Å². The summed E-state index contributed by atoms with van der Waals surface area (Å²) in [4.78, 5) is 2.60. The fraction of sp³-hybridized carbons (Fsp3) is 0.153. The molecule has 0 heterocycles. The summed E-state index contributed by atoms with van der Waals surface area (Å²) in [6.07, 6.45) is 6.48. The van der Waals surface area contributed by atoms with Gasteiger partial charge in [0.1, 0.15) is 0 Å². The van der Waals surface area contributed by atoms with Crippen LogP contribution in [0.4, 0.5) is 17.1 Å². The fourth-order valence-corrected chi connectivity index (χ4v) is 10.9. The summed E-state index contributed by atoms with van der Waals surface area (Å²) in [6, 6.07) is 72.7. The van der Waals surface area contributed by atoms with Gasteiger partial charge >= 0.3 is 0 Å². The van der Waals surface area contributed by atoms with Gasteiger partial charge in [0.2, 0.25) is 0 Å². The molecule has 9 aromatic rings. The average Bonchev–Trinajstić information content (AvgIpc) is 3.55. The Morgan fingerprint density at radius 2 is 0.867 bits per heavy atom. The lowest BCUT2D eigenvalue weighted by Gasteiger charge is -2.33. The maximum absolute atomic E-state index is 2.60. The number of hydrogen-bond donors (Lipinski definition) is 0. The van der Waals surface area contributed by atoms with E-state index < -0.39 is 0 Å². The number of fused-ring (bicyclic) bond motifs is 5. The topological polar surface area (TPSA) is 3.24 Å². The minimum Gasteiger partial charge on any atom is -0.309 e. The van der Waals surface area contributed by atoms with Crippen LogP contribution in [0.5, 0.6) is 0 Å². The van der Waals surface area contributed by atoms with Crippen molar-refractivity contribution < 1.29 is 0 Å². The van der Waals surface area contributed by atoms with Crippen LogP contribution in [0, 0.1) is 0 Å². The van der Waals surface area contributed by atoms with E-state index in [-0.39, 0.29) is 5.41 Å². The molecule has 0 spiro atoms. The van der Waals surface area contributed by atoms with E-state index >= 15 is 0 Å². The van der Waals surface area contributed by atoms with Crippen LogP contribution in [-0.4, -0.2) is 0 Å². The molecule has 290 valence electrons. The van der Waals surface area contributed by atoms with Crippen LogP contribution < -0.4 is 4.90 Å². The number of para-hydroxylation sites is 2. The number of anilines is 3. The number of nitrogens with zero attached hydrogens (tertiary/aromatic N) is 1. The molecule has 0 aromatic heterocycles. The van der Waals surface area contributed by atoms with E-state index in [1.165, 1.54) is 126 Å². The second-order valence-corrected chi connectivity index (χ2v) is 17.4. The smallest absolute Gasteiger partial charge is 0.0543 e. The van der Waals surface area contributed by atoms with Gasteiger partial charge in [0.25, 0.3) is 0 Å². The molecule has 9 aromatic carbocycles. The quantitative estimate of drug-likeness (QED) is 0.156. The van der Waals surface area contributed by atoms with Crippen molar-refractivity contribution in [1.29, 1.82) is 0 Å². The van der Waals surface area contributed by atoms with Crippen molar-refractivity contribution in [2.24, 2.45) is 0 Å². The Morgan fingerprint density at radius 1 is 0.383 bits per heavy atom. The van der Waals surface area contributed by atoms with E-state index in [0.29, 0.717) is 5.92 Å². The zero-order chi connectivity index (χ0) is 40.2. The van der Waals surface area contributed by atoms with Gasteiger partial charge in [-0.05, 0) is 103 Å². The number of benzene rings is 9. The van der Waals surface area contributed by atoms with E-state index in [9.17, 15) is 0 Å². The van der Waals surface area contributed by atoms with Gasteiger partial charge in [0.15, 0.2) is 0 Å². The van der Waals surface area contributed by atoms with E-state index in [1.54, 1.807) is 0 Å². The molecule has 0 amide bonds. The van der Waals surface area contributed by atoms with Crippen LogP contribution in [0.15, 0.2) is 194 Å². The van der Waals surface area contributed by atoms with Crippen molar-refractivity contribution in [3.63, 3.8) is 0 Å². The standard InChI is InChI=1S/C59H49N/c1-59(2)51-35-12-9-30-50(51)58-52(59)36-19-39-55(58)60(53-37-13-10-28-46(53)48-33-17-26-42-24-15-31-44(56(42)48)40-20-5-3-6-21-40)54-38-14-11-29-47(54)49-34-18-27-43-25-16-32-45(57(43)49)41-22-7-4-8-23-41/h3,5-6,9-21,24-39,41H,4,7-8,22-23H2,1-2H3. The Kier molecular flexibility index (Phi) is 9.00. The minimum absolute atomic E-state index is 0.141. The van der Waals surface area contributed by atoms with Crippen molar-refractivity contribution in [3.05, 3.63) is 211 Å². The third kappa shape index (κ3) is 5.90. The second kappa shape index (κ2) is 14.8. The van der Waals surface area contributed by atoms with Crippen LogP contribution in [-0.2, 0) is 5.41 Å². The molecular weight excluding hydrogens is 723 g/mol. The minimum atomic E-state index is -0.141. The molecule has 0 bridgehead atoms. The fourth-order valence-electron chi connectivity index (χ4n) is 10.9. The molecule has 11 rings (SSSR count). The van der Waals surface area contributed by atoms with E-state index in [1.807, 2.05) is 0 Å². The Hall–Kier alpha value is -6.70. The highest BCUT2D eigenvalue weighted by Gasteiger charge is 2.38. The summed E-state index contributed by atoms with van der Waals surface area (Å²) >= 11 is 0. The average molecular weight is 772 g/mol. The predicted molar refractivity (Wildman–Crippen MR) is 256 cm³/mol. The van der Waals surface area contributed by atoms with Crippen molar-refractivity contribution in [1.82, 2.24) is 0 Å². The first-order chi connectivity index (χ1) is 29.6. The zero-order valence-corrected chi connectivity index (χ0v) is 34.5. The van der Waals surface area contributed by atoms with Gasteiger partial charge in [-0.15, -0.1) is 0 Å². The van der Waals surface area contributed by atoms with Crippen LogP contribution >= 0.6 is 0 Å². The van der Waals surface area contributed by atoms with Crippen LogP contribution in [0.25, 0.3) is 66.1 Å². The summed E-state index contributed by atoms with van der Waals surface area (Å²) in [5.74, 6) is 0.578. The second-order valence-electron chi connectivity index (χ2n) is 17.4. The van der Waals surface area contributed by atoms with E-state index in [4.69, 9.17) is 0 Å². The number of hydrogen-bond acceptors (Lipinski definition) is 1. The third-order valence-corrected chi connectivity index (χ3v) is 13.7. The highest BCUT2D eigenvalue weighted by molar-refractivity contribution is 6.11. The zero-order valence-electron chi connectivity index (χ0n) is 34.5. The van der Waals surface area contributed by atoms with Crippen LogP contribution in [0.3, 0.4) is 0 Å². The Labute approximate surface area is 354 Å². The molecule has 0 atom stereocenters. The lowest BCUT2D eigenvalue weighted by molar-refractivity contribution is 0.445. The summed E-state index contributed by atoms with van der Waals surface area (Å²) in [5.41, 5.74) is 17.7. The normalized spacial score (nSPS) is 14.6. The van der Waals surface area contributed by atoms with Gasteiger partial charge in [-0.3, -0.25) is 0 Å². The molecule has 1 heteroatoms. The van der Waals surface area contributed by atoms with Gasteiger partial charge in [0, 0.05) is 22.1 Å². The van der Waals surface area contributed by atoms with E-state index in [0.717, 1.165) is 5.69 Å². The van der Waals surface area contributed by atoms with Gasteiger partial charge in [-0.25, -0.2) is 0 Å². The molecular formula is C59H49N. The van der Waals surface area contributed by atoms with Crippen molar-refractivity contribution in [2.75, 3.05) is 4.90 Å². The summed E-state index contributed by atoms with van der Waals surface area (Å²) in [5, 5.41) is 5.22. The molecule has 0 aliphatic heterocycles. The molecule has 1 nitrogen and oxygen atoms in total. The number of rotatable bonds is 7. The largest absolute Gasteiger partial charge is 0.309 e. The summed E-state index contributed by atoms with van der Waals surface area (Å²) < 4.78 is 0. The lowest BCUT2D eigenvalue weighted by atomic mass is 9.80. The first-order valence-electron chi connectivity index (χ1n) is 21.9. The molecule has 2 aliphatic rings. The molecule has 1 fully saturated rings. The predicted octanol–water partition coefficient (Wildman–Crippen LogP) is 16.8. The maximum Gasteiger partial charge on any atom is 0.0543 e. The van der Waals surface area contributed by atoms with Gasteiger partial charge in [-0.1, -0.05) is 209 Å². The molecule has 2 aliphatic carbocycles. The Morgan fingerprint density at radius 3 is 1.55 bits per heavy atom. The molecule has 0 unspecified atom stereocenters. The van der Waals surface area contributed by atoms with Crippen LogP contribution in [0.2, 0.25) is 0 Å². The highest BCUT2D eigenvalue weighted by atomic mass is 15.2.